The van der Waals surface area contributed by atoms with Gasteiger partial charge in [-0.3, -0.25) is 9.36 Å². The number of carbonyl (C=O) groups excluding carboxylic acids is 1. The van der Waals surface area contributed by atoms with Gasteiger partial charge in [0.15, 0.2) is 11.4 Å². The van der Waals surface area contributed by atoms with E-state index in [2.05, 4.69) is 0 Å². The molecule has 0 spiro atoms. The minimum absolute atomic E-state index is 0.157. The van der Waals surface area contributed by atoms with Crippen LogP contribution >= 0.6 is 0 Å². The molecule has 0 radical (unpaired) electrons. The first-order valence-electron chi connectivity index (χ1n) is 4.90. The smallest absolute Gasteiger partial charge is 0.408 e. The predicted molar refractivity (Wildman–Crippen MR) is 59.4 cm³/mol. The van der Waals surface area contributed by atoms with Gasteiger partial charge in [-0.25, -0.2) is 4.79 Å². The molecular formula is C11H12N2O3. The molecule has 2 N–H and O–H groups in total. The lowest BCUT2D eigenvalue weighted by Crippen LogP contribution is -2.26. The summed E-state index contributed by atoms with van der Waals surface area (Å²) in [6, 6.07) is 4.27. The molecule has 0 aliphatic heterocycles. The highest BCUT2D eigenvalue weighted by Crippen LogP contribution is 2.15. The summed E-state index contributed by atoms with van der Waals surface area (Å²) in [5.41, 5.74) is 7.06. The highest BCUT2D eigenvalue weighted by atomic mass is 16.4. The second-order valence-electron chi connectivity index (χ2n) is 3.76. The van der Waals surface area contributed by atoms with Crippen LogP contribution in [0.3, 0.4) is 0 Å². The van der Waals surface area contributed by atoms with Crippen molar-refractivity contribution >= 4 is 16.9 Å². The minimum Gasteiger partial charge on any atom is -0.408 e. The number of hydrogen-bond acceptors (Lipinski definition) is 4. The van der Waals surface area contributed by atoms with E-state index >= 15 is 0 Å². The number of aryl methyl sites for hydroxylation is 1. The molecule has 1 aromatic carbocycles. The maximum Gasteiger partial charge on any atom is 0.419 e. The van der Waals surface area contributed by atoms with Gasteiger partial charge in [-0.2, -0.15) is 0 Å². The molecule has 2 rings (SSSR count). The largest absolute Gasteiger partial charge is 0.419 e. The number of ketones is 1. The Labute approximate surface area is 91.5 Å². The lowest BCUT2D eigenvalue weighted by molar-refractivity contribution is 0.0968. The number of carbonyl (C=O) groups is 1. The molecule has 0 fully saturated rings. The van der Waals surface area contributed by atoms with E-state index < -0.39 is 11.8 Å². The molecular weight excluding hydrogens is 208 g/mol. The van der Waals surface area contributed by atoms with Gasteiger partial charge in [0.05, 0.1) is 11.6 Å². The molecule has 1 unspecified atom stereocenters. The summed E-state index contributed by atoms with van der Waals surface area (Å²) in [5, 5.41) is 0. The van der Waals surface area contributed by atoms with Crippen LogP contribution in [0.5, 0.6) is 0 Å². The van der Waals surface area contributed by atoms with Crippen LogP contribution in [0.1, 0.15) is 17.3 Å². The van der Waals surface area contributed by atoms with Crippen molar-refractivity contribution < 1.29 is 9.21 Å². The van der Waals surface area contributed by atoms with Gasteiger partial charge in [-0.1, -0.05) is 0 Å². The van der Waals surface area contributed by atoms with Crippen LogP contribution in [0.4, 0.5) is 0 Å². The molecule has 84 valence electrons. The third kappa shape index (κ3) is 1.55. The van der Waals surface area contributed by atoms with Gasteiger partial charge in [-0.15, -0.1) is 0 Å². The Morgan fingerprint density at radius 3 is 2.81 bits per heavy atom. The van der Waals surface area contributed by atoms with Crippen molar-refractivity contribution in [3.8, 4) is 0 Å². The third-order valence-electron chi connectivity index (χ3n) is 2.49. The SMILES string of the molecule is CC(N)C(=O)c1ccc2oc(=O)n(C)c2c1. The van der Waals surface area contributed by atoms with Crippen molar-refractivity contribution in [2.45, 2.75) is 13.0 Å². The molecule has 1 heterocycles. The Bertz CT molecular complexity index is 607. The van der Waals surface area contributed by atoms with E-state index in [1.807, 2.05) is 0 Å². The Morgan fingerprint density at radius 2 is 2.19 bits per heavy atom. The van der Waals surface area contributed by atoms with Crippen LogP contribution in [0.2, 0.25) is 0 Å². The Kier molecular flexibility index (Phi) is 2.40. The van der Waals surface area contributed by atoms with E-state index in [1.54, 1.807) is 32.2 Å². The number of oxazole rings is 1. The topological polar surface area (TPSA) is 78.2 Å². The van der Waals surface area contributed by atoms with E-state index in [0.29, 0.717) is 16.7 Å². The fourth-order valence-corrected chi connectivity index (χ4v) is 1.54. The molecule has 1 aromatic heterocycles. The zero-order valence-corrected chi connectivity index (χ0v) is 9.06. The zero-order valence-electron chi connectivity index (χ0n) is 9.06. The summed E-state index contributed by atoms with van der Waals surface area (Å²) < 4.78 is 6.31. The maximum atomic E-state index is 11.7. The van der Waals surface area contributed by atoms with Crippen molar-refractivity contribution in [1.82, 2.24) is 4.57 Å². The fourth-order valence-electron chi connectivity index (χ4n) is 1.54. The molecule has 5 heteroatoms. The lowest BCUT2D eigenvalue weighted by atomic mass is 10.1. The van der Waals surface area contributed by atoms with Crippen molar-refractivity contribution in [2.24, 2.45) is 12.8 Å². The second kappa shape index (κ2) is 3.61. The number of fused-ring (bicyclic) bond motifs is 1. The molecule has 2 aromatic rings. The van der Waals surface area contributed by atoms with Crippen LogP contribution < -0.4 is 11.5 Å². The lowest BCUT2D eigenvalue weighted by Gasteiger charge is -2.03. The first-order valence-corrected chi connectivity index (χ1v) is 4.90. The molecule has 16 heavy (non-hydrogen) atoms. The molecule has 0 aliphatic carbocycles. The molecule has 1 atom stereocenters. The average Bonchev–Trinajstić information content (AvgIpc) is 2.53. The first-order chi connectivity index (χ1) is 7.50. The van der Waals surface area contributed by atoms with E-state index in [0.717, 1.165) is 0 Å². The number of Topliss-reactive ketones (excluding diaryl/α,β-unsaturated/α-hetero) is 1. The van der Waals surface area contributed by atoms with Crippen LogP contribution in [0, 0.1) is 0 Å². The normalized spacial score (nSPS) is 12.9. The summed E-state index contributed by atoms with van der Waals surface area (Å²) in [6.07, 6.45) is 0. The standard InChI is InChI=1S/C11H12N2O3/c1-6(12)10(14)7-3-4-9-8(5-7)13(2)11(15)16-9/h3-6H,12H2,1-2H3. The maximum absolute atomic E-state index is 11.7. The third-order valence-corrected chi connectivity index (χ3v) is 2.49. The van der Waals surface area contributed by atoms with Gasteiger partial charge in [0.25, 0.3) is 0 Å². The van der Waals surface area contributed by atoms with Crippen LogP contribution in [-0.4, -0.2) is 16.4 Å². The highest BCUT2D eigenvalue weighted by molar-refractivity contribution is 6.01. The zero-order chi connectivity index (χ0) is 11.9. The number of benzene rings is 1. The van der Waals surface area contributed by atoms with Gasteiger partial charge < -0.3 is 10.2 Å². The Hall–Kier alpha value is -1.88. The van der Waals surface area contributed by atoms with E-state index in [-0.39, 0.29) is 5.78 Å². The number of aromatic nitrogens is 1. The molecule has 0 saturated heterocycles. The second-order valence-corrected chi connectivity index (χ2v) is 3.76. The molecule has 0 saturated carbocycles. The predicted octanol–water partition coefficient (Wildman–Crippen LogP) is 0.661. The number of nitrogens with zero attached hydrogens (tertiary/aromatic N) is 1. The first kappa shape index (κ1) is 10.6. The number of nitrogens with two attached hydrogens (primary N) is 1. The number of hydrogen-bond donors (Lipinski definition) is 1. The average molecular weight is 220 g/mol. The van der Waals surface area contributed by atoms with Crippen LogP contribution in [0.15, 0.2) is 27.4 Å². The summed E-state index contributed by atoms with van der Waals surface area (Å²) >= 11 is 0. The van der Waals surface area contributed by atoms with Crippen molar-refractivity contribution in [2.75, 3.05) is 0 Å². The van der Waals surface area contributed by atoms with Gasteiger partial charge >= 0.3 is 5.76 Å². The van der Waals surface area contributed by atoms with Crippen LogP contribution in [-0.2, 0) is 7.05 Å². The van der Waals surface area contributed by atoms with Crippen molar-refractivity contribution in [3.63, 3.8) is 0 Å². The summed E-state index contributed by atoms with van der Waals surface area (Å²) in [6.45, 7) is 1.63. The molecule has 0 aliphatic rings. The van der Waals surface area contributed by atoms with Gasteiger partial charge in [0.2, 0.25) is 0 Å². The Morgan fingerprint density at radius 1 is 1.50 bits per heavy atom. The summed E-state index contributed by atoms with van der Waals surface area (Å²) in [5.74, 6) is -0.601. The van der Waals surface area contributed by atoms with E-state index in [9.17, 15) is 9.59 Å². The fraction of sp³-hybridized carbons (Fsp3) is 0.273. The molecule has 0 bridgehead atoms. The summed E-state index contributed by atoms with van der Waals surface area (Å²) in [4.78, 5) is 22.9. The molecule has 5 nitrogen and oxygen atoms in total. The number of rotatable bonds is 2. The van der Waals surface area contributed by atoms with Gasteiger partial charge in [-0.05, 0) is 25.1 Å². The quantitative estimate of drug-likeness (QED) is 0.754. The van der Waals surface area contributed by atoms with Gasteiger partial charge in [0, 0.05) is 12.6 Å². The monoisotopic (exact) mass is 220 g/mol. The van der Waals surface area contributed by atoms with E-state index in [1.165, 1.54) is 4.57 Å². The highest BCUT2D eigenvalue weighted by Gasteiger charge is 2.13. The Balaban J connectivity index is 2.64. The minimum atomic E-state index is -0.554. The van der Waals surface area contributed by atoms with Gasteiger partial charge in [0.1, 0.15) is 0 Å². The summed E-state index contributed by atoms with van der Waals surface area (Å²) in [7, 11) is 1.59. The molecule has 0 amide bonds. The van der Waals surface area contributed by atoms with Crippen molar-refractivity contribution in [1.29, 1.82) is 0 Å². The van der Waals surface area contributed by atoms with Crippen LogP contribution in [0.25, 0.3) is 11.1 Å². The van der Waals surface area contributed by atoms with E-state index in [4.69, 9.17) is 10.2 Å². The van der Waals surface area contributed by atoms with Crippen molar-refractivity contribution in [3.05, 3.63) is 34.3 Å².